The Morgan fingerprint density at radius 3 is 1.88 bits per heavy atom. The van der Waals surface area contributed by atoms with Crippen LogP contribution in [0, 0.1) is 0 Å². The molecule has 0 aliphatic rings. The van der Waals surface area contributed by atoms with E-state index in [0.29, 0.717) is 5.82 Å². The Hall–Kier alpha value is -1.57. The van der Waals surface area contributed by atoms with E-state index in [1.165, 1.54) is 0 Å². The highest BCUT2D eigenvalue weighted by atomic mass is 14.8. The van der Waals surface area contributed by atoms with Crippen molar-refractivity contribution in [3.8, 4) is 0 Å². The molecule has 2 N–H and O–H groups in total. The smallest absolute Gasteiger partial charge is 0.124 e. The SMILES string of the molecule is CC.CC.CC.Nc1ccc2ccccc2n1. The van der Waals surface area contributed by atoms with Crippen molar-refractivity contribution in [2.24, 2.45) is 0 Å². The van der Waals surface area contributed by atoms with Crippen LogP contribution in [0.1, 0.15) is 41.5 Å². The average molecular weight is 234 g/mol. The van der Waals surface area contributed by atoms with E-state index in [4.69, 9.17) is 5.73 Å². The van der Waals surface area contributed by atoms with Crippen molar-refractivity contribution in [1.82, 2.24) is 4.98 Å². The van der Waals surface area contributed by atoms with Crippen molar-refractivity contribution in [3.63, 3.8) is 0 Å². The summed E-state index contributed by atoms with van der Waals surface area (Å²) in [7, 11) is 0. The Kier molecular flexibility index (Phi) is 13.1. The molecule has 0 spiro atoms. The predicted octanol–water partition coefficient (Wildman–Crippen LogP) is 4.90. The summed E-state index contributed by atoms with van der Waals surface area (Å²) in [5.74, 6) is 0.573. The lowest BCUT2D eigenvalue weighted by atomic mass is 10.2. The summed E-state index contributed by atoms with van der Waals surface area (Å²) in [6.45, 7) is 12.0. The van der Waals surface area contributed by atoms with Gasteiger partial charge < -0.3 is 5.73 Å². The number of para-hydroxylation sites is 1. The molecule has 2 heteroatoms. The number of nitrogens with zero attached hydrogens (tertiary/aromatic N) is 1. The topological polar surface area (TPSA) is 38.9 Å². The average Bonchev–Trinajstić information content (AvgIpc) is 2.45. The Morgan fingerprint density at radius 2 is 1.29 bits per heavy atom. The van der Waals surface area contributed by atoms with Gasteiger partial charge in [0.15, 0.2) is 0 Å². The number of nitrogen functional groups attached to an aromatic ring is 1. The third-order valence-electron chi connectivity index (χ3n) is 1.62. The van der Waals surface area contributed by atoms with Gasteiger partial charge in [-0.2, -0.15) is 0 Å². The van der Waals surface area contributed by atoms with Crippen LogP contribution in [0.4, 0.5) is 5.82 Å². The third-order valence-corrected chi connectivity index (χ3v) is 1.62. The summed E-state index contributed by atoms with van der Waals surface area (Å²) in [6, 6.07) is 11.7. The number of pyridine rings is 1. The summed E-state index contributed by atoms with van der Waals surface area (Å²) in [4.78, 5) is 4.15. The van der Waals surface area contributed by atoms with Crippen LogP contribution in [0.3, 0.4) is 0 Å². The molecule has 0 bridgehead atoms. The second-order valence-corrected chi connectivity index (χ2v) is 2.43. The lowest BCUT2D eigenvalue weighted by Crippen LogP contribution is -1.88. The summed E-state index contributed by atoms with van der Waals surface area (Å²) in [6.07, 6.45) is 0. The molecule has 0 saturated heterocycles. The molecule has 1 heterocycles. The predicted molar refractivity (Wildman–Crippen MR) is 80.2 cm³/mol. The van der Waals surface area contributed by atoms with Crippen molar-refractivity contribution < 1.29 is 0 Å². The minimum absolute atomic E-state index is 0.573. The van der Waals surface area contributed by atoms with Gasteiger partial charge in [-0.1, -0.05) is 59.7 Å². The first kappa shape index (κ1) is 17.8. The third kappa shape index (κ3) is 6.56. The number of hydrogen-bond donors (Lipinski definition) is 1. The summed E-state index contributed by atoms with van der Waals surface area (Å²) >= 11 is 0. The van der Waals surface area contributed by atoms with E-state index < -0.39 is 0 Å². The van der Waals surface area contributed by atoms with Crippen molar-refractivity contribution >= 4 is 16.7 Å². The number of hydrogen-bond acceptors (Lipinski definition) is 2. The van der Waals surface area contributed by atoms with E-state index in [1.54, 1.807) is 0 Å². The molecule has 1 aromatic carbocycles. The maximum atomic E-state index is 5.51. The van der Waals surface area contributed by atoms with E-state index >= 15 is 0 Å². The van der Waals surface area contributed by atoms with Crippen LogP contribution >= 0.6 is 0 Å². The molecule has 96 valence electrons. The molecule has 0 aliphatic heterocycles. The van der Waals surface area contributed by atoms with Crippen LogP contribution in [0.2, 0.25) is 0 Å². The van der Waals surface area contributed by atoms with Gasteiger partial charge in [-0.15, -0.1) is 0 Å². The fraction of sp³-hybridized carbons (Fsp3) is 0.400. The maximum Gasteiger partial charge on any atom is 0.124 e. The fourth-order valence-electron chi connectivity index (χ4n) is 1.08. The molecule has 2 rings (SSSR count). The van der Waals surface area contributed by atoms with E-state index in [2.05, 4.69) is 4.98 Å². The number of benzene rings is 1. The van der Waals surface area contributed by atoms with Gasteiger partial charge in [-0.3, -0.25) is 0 Å². The molecule has 0 saturated carbocycles. The Balaban J connectivity index is 0. The zero-order chi connectivity index (χ0) is 13.7. The van der Waals surface area contributed by atoms with Crippen LogP contribution in [0.5, 0.6) is 0 Å². The highest BCUT2D eigenvalue weighted by Gasteiger charge is 1.91. The minimum Gasteiger partial charge on any atom is -0.384 e. The Labute approximate surface area is 106 Å². The number of rotatable bonds is 0. The second kappa shape index (κ2) is 12.5. The van der Waals surface area contributed by atoms with E-state index in [9.17, 15) is 0 Å². The van der Waals surface area contributed by atoms with Crippen LogP contribution in [0.25, 0.3) is 10.9 Å². The van der Waals surface area contributed by atoms with Gasteiger partial charge in [0.1, 0.15) is 5.82 Å². The van der Waals surface area contributed by atoms with Gasteiger partial charge >= 0.3 is 0 Å². The number of fused-ring (bicyclic) bond motifs is 1. The lowest BCUT2D eigenvalue weighted by Gasteiger charge is -1.95. The van der Waals surface area contributed by atoms with Crippen LogP contribution < -0.4 is 5.73 Å². The molecule has 2 aromatic rings. The fourth-order valence-corrected chi connectivity index (χ4v) is 1.08. The normalized spacial score (nSPS) is 7.65. The molecule has 0 atom stereocenters. The molecule has 0 radical (unpaired) electrons. The van der Waals surface area contributed by atoms with E-state index in [1.807, 2.05) is 77.9 Å². The highest BCUT2D eigenvalue weighted by Crippen LogP contribution is 2.11. The molecular formula is C15H26N2. The number of aromatic nitrogens is 1. The van der Waals surface area contributed by atoms with Crippen molar-refractivity contribution in [3.05, 3.63) is 36.4 Å². The van der Waals surface area contributed by atoms with Gasteiger partial charge in [0.25, 0.3) is 0 Å². The Morgan fingerprint density at radius 1 is 0.765 bits per heavy atom. The number of nitrogens with two attached hydrogens (primary N) is 1. The van der Waals surface area contributed by atoms with Crippen molar-refractivity contribution in [2.75, 3.05) is 5.73 Å². The van der Waals surface area contributed by atoms with E-state index in [-0.39, 0.29) is 0 Å². The second-order valence-electron chi connectivity index (χ2n) is 2.43. The van der Waals surface area contributed by atoms with Crippen LogP contribution in [-0.2, 0) is 0 Å². The molecule has 2 nitrogen and oxygen atoms in total. The maximum absolute atomic E-state index is 5.51. The molecule has 0 aliphatic carbocycles. The first-order chi connectivity index (χ1) is 8.36. The zero-order valence-electron chi connectivity index (χ0n) is 12.0. The lowest BCUT2D eigenvalue weighted by molar-refractivity contribution is 1.42. The molecular weight excluding hydrogens is 208 g/mol. The minimum atomic E-state index is 0.573. The van der Waals surface area contributed by atoms with Crippen molar-refractivity contribution in [2.45, 2.75) is 41.5 Å². The summed E-state index contributed by atoms with van der Waals surface area (Å²) < 4.78 is 0. The van der Waals surface area contributed by atoms with Crippen molar-refractivity contribution in [1.29, 1.82) is 0 Å². The molecule has 1 aromatic heterocycles. The molecule has 0 amide bonds. The van der Waals surface area contributed by atoms with E-state index in [0.717, 1.165) is 10.9 Å². The first-order valence-corrected chi connectivity index (χ1v) is 6.47. The standard InChI is InChI=1S/C9H8N2.3C2H6/c10-9-6-5-7-3-1-2-4-8(7)11-9;3*1-2/h1-6H,(H2,10,11);3*1-2H3. The van der Waals surface area contributed by atoms with Gasteiger partial charge in [0.05, 0.1) is 5.52 Å². The van der Waals surface area contributed by atoms with Gasteiger partial charge in [-0.05, 0) is 18.2 Å². The Bertz CT molecular complexity index is 383. The number of anilines is 1. The molecule has 0 unspecified atom stereocenters. The first-order valence-electron chi connectivity index (χ1n) is 6.47. The van der Waals surface area contributed by atoms with Crippen LogP contribution in [-0.4, -0.2) is 4.98 Å². The van der Waals surface area contributed by atoms with Gasteiger partial charge in [0, 0.05) is 5.39 Å². The monoisotopic (exact) mass is 234 g/mol. The molecule has 0 fully saturated rings. The zero-order valence-corrected chi connectivity index (χ0v) is 12.0. The van der Waals surface area contributed by atoms with Crippen LogP contribution in [0.15, 0.2) is 36.4 Å². The van der Waals surface area contributed by atoms with Gasteiger partial charge in [0.2, 0.25) is 0 Å². The largest absolute Gasteiger partial charge is 0.384 e. The highest BCUT2D eigenvalue weighted by molar-refractivity contribution is 5.79. The molecule has 17 heavy (non-hydrogen) atoms. The van der Waals surface area contributed by atoms with Gasteiger partial charge in [-0.25, -0.2) is 4.98 Å². The summed E-state index contributed by atoms with van der Waals surface area (Å²) in [5, 5.41) is 1.13. The quantitative estimate of drug-likeness (QED) is 0.704. The summed E-state index contributed by atoms with van der Waals surface area (Å²) in [5.41, 5.74) is 6.46.